The van der Waals surface area contributed by atoms with Gasteiger partial charge in [0.25, 0.3) is 0 Å². The van der Waals surface area contributed by atoms with E-state index in [9.17, 15) is 18.0 Å². The number of carbonyl (C=O) groups excluding carboxylic acids is 1. The third-order valence-electron chi connectivity index (χ3n) is 3.63. The molecule has 0 bridgehead atoms. The minimum absolute atomic E-state index is 0.201. The number of halogens is 3. The third-order valence-corrected chi connectivity index (χ3v) is 4.36. The Hall–Kier alpha value is -1.08. The lowest BCUT2D eigenvalue weighted by atomic mass is 9.85. The lowest BCUT2D eigenvalue weighted by Gasteiger charge is -2.30. The fraction of sp³-hybridized carbons (Fsp3) is 0.615. The van der Waals surface area contributed by atoms with Crippen molar-refractivity contribution in [2.24, 2.45) is 5.41 Å². The van der Waals surface area contributed by atoms with E-state index in [4.69, 9.17) is 0 Å². The fourth-order valence-electron chi connectivity index (χ4n) is 2.43. The zero-order valence-corrected chi connectivity index (χ0v) is 11.9. The summed E-state index contributed by atoms with van der Waals surface area (Å²) in [4.78, 5) is 12.1. The Labute approximate surface area is 119 Å². The molecule has 1 aromatic heterocycles. The number of nitrogens with one attached hydrogen (secondary N) is 2. The van der Waals surface area contributed by atoms with Gasteiger partial charge in [-0.1, -0.05) is 0 Å². The lowest BCUT2D eigenvalue weighted by molar-refractivity contribution is -0.216. The molecule has 0 aliphatic carbocycles. The van der Waals surface area contributed by atoms with Gasteiger partial charge in [0.15, 0.2) is 5.41 Å². The van der Waals surface area contributed by atoms with E-state index < -0.39 is 17.5 Å². The molecule has 1 amide bonds. The summed E-state index contributed by atoms with van der Waals surface area (Å²) in [5.74, 6) is -0.919. The van der Waals surface area contributed by atoms with Crippen LogP contribution in [0.2, 0.25) is 0 Å². The fourth-order valence-corrected chi connectivity index (χ4v) is 3.11. The van der Waals surface area contributed by atoms with Crippen molar-refractivity contribution in [2.75, 3.05) is 13.1 Å². The Morgan fingerprint density at radius 1 is 1.60 bits per heavy atom. The van der Waals surface area contributed by atoms with E-state index in [0.29, 0.717) is 6.42 Å². The number of amides is 1. The standard InChI is InChI=1S/C13H17F3N2OS/c1-9(6-10-2-5-20-7-10)18-11(19)12(13(14,15)16)3-4-17-8-12/h2,5,7,9,17H,3-4,6,8H2,1H3,(H,18,19). The number of rotatable bonds is 4. The van der Waals surface area contributed by atoms with Crippen molar-refractivity contribution >= 4 is 17.2 Å². The van der Waals surface area contributed by atoms with Crippen LogP contribution in [-0.2, 0) is 11.2 Å². The summed E-state index contributed by atoms with van der Waals surface area (Å²) in [5.41, 5.74) is -1.26. The van der Waals surface area contributed by atoms with Crippen LogP contribution in [0.3, 0.4) is 0 Å². The van der Waals surface area contributed by atoms with Crippen LogP contribution in [0.4, 0.5) is 13.2 Å². The molecule has 0 saturated carbocycles. The molecule has 1 aliphatic heterocycles. The van der Waals surface area contributed by atoms with Gasteiger partial charge in [0.05, 0.1) is 0 Å². The van der Waals surface area contributed by atoms with E-state index in [-0.39, 0.29) is 25.6 Å². The van der Waals surface area contributed by atoms with Crippen LogP contribution in [0.15, 0.2) is 16.8 Å². The first-order valence-electron chi connectivity index (χ1n) is 6.45. The van der Waals surface area contributed by atoms with Gasteiger partial charge in [-0.05, 0) is 48.7 Å². The van der Waals surface area contributed by atoms with Gasteiger partial charge in [-0.15, -0.1) is 0 Å². The van der Waals surface area contributed by atoms with Crippen molar-refractivity contribution in [3.63, 3.8) is 0 Å². The summed E-state index contributed by atoms with van der Waals surface area (Å²) < 4.78 is 39.6. The highest BCUT2D eigenvalue weighted by molar-refractivity contribution is 7.07. The van der Waals surface area contributed by atoms with Gasteiger partial charge < -0.3 is 10.6 Å². The van der Waals surface area contributed by atoms with E-state index in [0.717, 1.165) is 5.56 Å². The maximum atomic E-state index is 13.2. The zero-order valence-electron chi connectivity index (χ0n) is 11.1. The summed E-state index contributed by atoms with van der Waals surface area (Å²) in [7, 11) is 0. The molecule has 1 fully saturated rings. The molecule has 2 unspecified atom stereocenters. The van der Waals surface area contributed by atoms with Crippen LogP contribution in [0.25, 0.3) is 0 Å². The predicted molar refractivity (Wildman–Crippen MR) is 71.6 cm³/mol. The highest BCUT2D eigenvalue weighted by Gasteiger charge is 2.61. The van der Waals surface area contributed by atoms with Gasteiger partial charge in [-0.3, -0.25) is 4.79 Å². The van der Waals surface area contributed by atoms with Gasteiger partial charge in [0.1, 0.15) is 0 Å². The van der Waals surface area contributed by atoms with Crippen LogP contribution in [0.1, 0.15) is 18.9 Å². The van der Waals surface area contributed by atoms with E-state index in [1.807, 2.05) is 16.8 Å². The summed E-state index contributed by atoms with van der Waals surface area (Å²) >= 11 is 1.53. The molecule has 2 rings (SSSR count). The second-order valence-corrected chi connectivity index (χ2v) is 6.00. The number of carbonyl (C=O) groups is 1. The normalized spacial score (nSPS) is 24.6. The van der Waals surface area contributed by atoms with Crippen LogP contribution in [-0.4, -0.2) is 31.2 Å². The first-order chi connectivity index (χ1) is 9.35. The second-order valence-electron chi connectivity index (χ2n) is 5.22. The molecule has 3 nitrogen and oxygen atoms in total. The largest absolute Gasteiger partial charge is 0.404 e. The molecule has 0 radical (unpaired) electrons. The van der Waals surface area contributed by atoms with Crippen LogP contribution in [0.5, 0.6) is 0 Å². The second kappa shape index (κ2) is 5.73. The third kappa shape index (κ3) is 2.98. The Bertz CT molecular complexity index is 453. The molecule has 0 spiro atoms. The Morgan fingerprint density at radius 2 is 2.35 bits per heavy atom. The lowest BCUT2D eigenvalue weighted by Crippen LogP contribution is -2.54. The van der Waals surface area contributed by atoms with E-state index in [1.165, 1.54) is 11.3 Å². The summed E-state index contributed by atoms with van der Waals surface area (Å²) in [6.45, 7) is 1.60. The van der Waals surface area contributed by atoms with Crippen molar-refractivity contribution in [1.82, 2.24) is 10.6 Å². The Balaban J connectivity index is 2.02. The molecular weight excluding hydrogens is 289 g/mol. The van der Waals surface area contributed by atoms with Crippen molar-refractivity contribution in [3.05, 3.63) is 22.4 Å². The molecular formula is C13H17F3N2OS. The molecule has 2 atom stereocenters. The number of thiophene rings is 1. The highest BCUT2D eigenvalue weighted by atomic mass is 32.1. The molecule has 1 aromatic rings. The molecule has 1 aliphatic rings. The molecule has 2 heterocycles. The number of hydrogen-bond acceptors (Lipinski definition) is 3. The predicted octanol–water partition coefficient (Wildman–Crippen LogP) is 2.34. The van der Waals surface area contributed by atoms with Gasteiger partial charge in [0, 0.05) is 12.6 Å². The summed E-state index contributed by atoms with van der Waals surface area (Å²) in [5, 5.41) is 8.99. The van der Waals surface area contributed by atoms with Crippen LogP contribution < -0.4 is 10.6 Å². The number of hydrogen-bond donors (Lipinski definition) is 2. The summed E-state index contributed by atoms with van der Waals surface area (Å²) in [6.07, 6.45) is -4.19. The minimum Gasteiger partial charge on any atom is -0.352 e. The smallest absolute Gasteiger partial charge is 0.352 e. The van der Waals surface area contributed by atoms with Crippen molar-refractivity contribution in [1.29, 1.82) is 0 Å². The van der Waals surface area contributed by atoms with Crippen molar-refractivity contribution in [3.8, 4) is 0 Å². The average molecular weight is 306 g/mol. The highest BCUT2D eigenvalue weighted by Crippen LogP contribution is 2.43. The number of alkyl halides is 3. The first kappa shape index (κ1) is 15.3. The van der Waals surface area contributed by atoms with E-state index >= 15 is 0 Å². The van der Waals surface area contributed by atoms with Crippen LogP contribution in [0, 0.1) is 5.41 Å². The van der Waals surface area contributed by atoms with E-state index in [1.54, 1.807) is 6.92 Å². The topological polar surface area (TPSA) is 41.1 Å². The quantitative estimate of drug-likeness (QED) is 0.896. The minimum atomic E-state index is -4.53. The van der Waals surface area contributed by atoms with Crippen molar-refractivity contribution in [2.45, 2.75) is 32.0 Å². The molecule has 1 saturated heterocycles. The van der Waals surface area contributed by atoms with Gasteiger partial charge >= 0.3 is 6.18 Å². The molecule has 0 aromatic carbocycles. The first-order valence-corrected chi connectivity index (χ1v) is 7.39. The van der Waals surface area contributed by atoms with Gasteiger partial charge in [-0.25, -0.2) is 0 Å². The molecule has 112 valence electrons. The Morgan fingerprint density at radius 3 is 2.85 bits per heavy atom. The average Bonchev–Trinajstić information content (AvgIpc) is 2.97. The van der Waals surface area contributed by atoms with E-state index in [2.05, 4.69) is 10.6 Å². The molecule has 7 heteroatoms. The molecule has 20 heavy (non-hydrogen) atoms. The Kier molecular flexibility index (Phi) is 4.39. The monoisotopic (exact) mass is 306 g/mol. The van der Waals surface area contributed by atoms with Gasteiger partial charge in [0.2, 0.25) is 5.91 Å². The summed E-state index contributed by atoms with van der Waals surface area (Å²) in [6, 6.07) is 1.58. The SMILES string of the molecule is CC(Cc1ccsc1)NC(=O)C1(C(F)(F)F)CCNC1. The van der Waals surface area contributed by atoms with Crippen molar-refractivity contribution < 1.29 is 18.0 Å². The molecule has 2 N–H and O–H groups in total. The van der Waals surface area contributed by atoms with Gasteiger partial charge in [-0.2, -0.15) is 24.5 Å². The van der Waals surface area contributed by atoms with Crippen LogP contribution >= 0.6 is 11.3 Å². The zero-order chi connectivity index (χ0) is 14.8. The maximum absolute atomic E-state index is 13.2. The maximum Gasteiger partial charge on any atom is 0.404 e.